The molecule has 2 aromatic rings. The summed E-state index contributed by atoms with van der Waals surface area (Å²) in [6.45, 7) is 5.26. The highest BCUT2D eigenvalue weighted by Gasteiger charge is 2.05. The number of hydrogen-bond acceptors (Lipinski definition) is 3. The monoisotopic (exact) mass is 246 g/mol. The number of aryl methyl sites for hydroxylation is 1. The van der Waals surface area contributed by atoms with Gasteiger partial charge >= 0.3 is 0 Å². The summed E-state index contributed by atoms with van der Waals surface area (Å²) in [6.07, 6.45) is 2.92. The molecule has 3 heteroatoms. The Balaban J connectivity index is 1.85. The number of aromatic nitrogens is 1. The van der Waals surface area contributed by atoms with E-state index in [1.54, 1.807) is 11.3 Å². The van der Waals surface area contributed by atoms with Gasteiger partial charge in [-0.3, -0.25) is 0 Å². The van der Waals surface area contributed by atoms with Crippen LogP contribution in [0.3, 0.4) is 0 Å². The second-order valence-corrected chi connectivity index (χ2v) is 5.32. The van der Waals surface area contributed by atoms with Gasteiger partial charge in [-0.1, -0.05) is 24.3 Å². The summed E-state index contributed by atoms with van der Waals surface area (Å²) in [6, 6.07) is 9.04. The van der Waals surface area contributed by atoms with Crippen molar-refractivity contribution in [1.82, 2.24) is 10.3 Å². The molecule has 0 bridgehead atoms. The number of hydrogen-bond donors (Lipinski definition) is 1. The minimum Gasteiger partial charge on any atom is -0.308 e. The SMILES string of the molecule is Cc1ccccc1CC(C)NCc1nccs1. The van der Waals surface area contributed by atoms with E-state index in [0.717, 1.165) is 18.0 Å². The van der Waals surface area contributed by atoms with Crippen molar-refractivity contribution < 1.29 is 0 Å². The molecule has 0 aliphatic rings. The standard InChI is InChI=1S/C14H18N2S/c1-11-5-3-4-6-13(11)9-12(2)16-10-14-15-7-8-17-14/h3-8,12,16H,9-10H2,1-2H3. The van der Waals surface area contributed by atoms with E-state index < -0.39 is 0 Å². The second-order valence-electron chi connectivity index (χ2n) is 4.34. The van der Waals surface area contributed by atoms with Gasteiger partial charge < -0.3 is 5.32 Å². The molecule has 0 spiro atoms. The quantitative estimate of drug-likeness (QED) is 0.876. The Bertz CT molecular complexity index is 451. The minimum absolute atomic E-state index is 0.472. The van der Waals surface area contributed by atoms with Gasteiger partial charge in [0.15, 0.2) is 0 Å². The van der Waals surface area contributed by atoms with Crippen LogP contribution in [0.5, 0.6) is 0 Å². The van der Waals surface area contributed by atoms with E-state index in [-0.39, 0.29) is 0 Å². The van der Waals surface area contributed by atoms with Crippen molar-refractivity contribution in [2.75, 3.05) is 0 Å². The highest BCUT2D eigenvalue weighted by Crippen LogP contribution is 2.10. The fraction of sp³-hybridized carbons (Fsp3) is 0.357. The summed E-state index contributed by atoms with van der Waals surface area (Å²) in [5.74, 6) is 0. The second kappa shape index (κ2) is 5.94. The van der Waals surface area contributed by atoms with Crippen LogP contribution in [0, 0.1) is 6.92 Å². The van der Waals surface area contributed by atoms with Gasteiger partial charge in [0.1, 0.15) is 5.01 Å². The average Bonchev–Trinajstić information content (AvgIpc) is 2.82. The molecule has 2 rings (SSSR count). The zero-order chi connectivity index (χ0) is 12.1. The van der Waals surface area contributed by atoms with Crippen molar-refractivity contribution in [1.29, 1.82) is 0 Å². The van der Waals surface area contributed by atoms with Gasteiger partial charge in [-0.05, 0) is 31.4 Å². The van der Waals surface area contributed by atoms with Crippen LogP contribution in [-0.4, -0.2) is 11.0 Å². The third-order valence-corrected chi connectivity index (χ3v) is 3.65. The number of rotatable bonds is 5. The molecule has 1 unspecified atom stereocenters. The topological polar surface area (TPSA) is 24.9 Å². The van der Waals surface area contributed by atoms with E-state index in [1.807, 2.05) is 11.6 Å². The molecule has 1 atom stereocenters. The first-order valence-corrected chi connectivity index (χ1v) is 6.80. The van der Waals surface area contributed by atoms with Crippen LogP contribution in [0.2, 0.25) is 0 Å². The van der Waals surface area contributed by atoms with E-state index in [2.05, 4.69) is 48.4 Å². The Hall–Kier alpha value is -1.19. The fourth-order valence-corrected chi connectivity index (χ4v) is 2.41. The molecule has 17 heavy (non-hydrogen) atoms. The molecule has 0 amide bonds. The summed E-state index contributed by atoms with van der Waals surface area (Å²) < 4.78 is 0. The molecule has 1 aromatic carbocycles. The number of nitrogens with zero attached hydrogens (tertiary/aromatic N) is 1. The maximum absolute atomic E-state index is 4.27. The van der Waals surface area contributed by atoms with Gasteiger partial charge in [-0.25, -0.2) is 4.98 Å². The number of benzene rings is 1. The normalized spacial score (nSPS) is 12.6. The van der Waals surface area contributed by atoms with Gasteiger partial charge in [-0.2, -0.15) is 0 Å². The van der Waals surface area contributed by atoms with Gasteiger partial charge in [0.25, 0.3) is 0 Å². The van der Waals surface area contributed by atoms with Crippen molar-refractivity contribution in [2.45, 2.75) is 32.9 Å². The number of nitrogens with one attached hydrogen (secondary N) is 1. The first-order valence-electron chi connectivity index (χ1n) is 5.92. The molecular formula is C14H18N2S. The summed E-state index contributed by atoms with van der Waals surface area (Å²) in [5, 5.41) is 6.68. The van der Waals surface area contributed by atoms with Crippen molar-refractivity contribution in [3.63, 3.8) is 0 Å². The molecule has 0 radical (unpaired) electrons. The molecule has 0 saturated heterocycles. The lowest BCUT2D eigenvalue weighted by Gasteiger charge is -2.14. The van der Waals surface area contributed by atoms with E-state index in [9.17, 15) is 0 Å². The van der Waals surface area contributed by atoms with Crippen LogP contribution in [0.1, 0.15) is 23.1 Å². The highest BCUT2D eigenvalue weighted by molar-refractivity contribution is 7.09. The van der Waals surface area contributed by atoms with Crippen molar-refractivity contribution in [3.05, 3.63) is 52.0 Å². The first-order chi connectivity index (χ1) is 8.25. The molecular weight excluding hydrogens is 228 g/mol. The van der Waals surface area contributed by atoms with Crippen molar-refractivity contribution in [3.8, 4) is 0 Å². The molecule has 0 saturated carbocycles. The molecule has 0 aliphatic heterocycles. The van der Waals surface area contributed by atoms with Crippen molar-refractivity contribution in [2.24, 2.45) is 0 Å². The third-order valence-electron chi connectivity index (χ3n) is 2.87. The van der Waals surface area contributed by atoms with Gasteiger partial charge in [0.05, 0.1) is 0 Å². The zero-order valence-corrected chi connectivity index (χ0v) is 11.1. The van der Waals surface area contributed by atoms with Crippen LogP contribution in [0.25, 0.3) is 0 Å². The Labute approximate surface area is 107 Å². The molecule has 90 valence electrons. The van der Waals surface area contributed by atoms with Gasteiger partial charge in [0.2, 0.25) is 0 Å². The molecule has 0 aliphatic carbocycles. The minimum atomic E-state index is 0.472. The predicted molar refractivity (Wildman–Crippen MR) is 73.3 cm³/mol. The highest BCUT2D eigenvalue weighted by atomic mass is 32.1. The first kappa shape index (κ1) is 12.3. The van der Waals surface area contributed by atoms with Crippen molar-refractivity contribution >= 4 is 11.3 Å². The summed E-state index contributed by atoms with van der Waals surface area (Å²) in [5.41, 5.74) is 2.79. The molecule has 1 N–H and O–H groups in total. The predicted octanol–water partition coefficient (Wildman–Crippen LogP) is 3.17. The fourth-order valence-electron chi connectivity index (χ4n) is 1.84. The van der Waals surface area contributed by atoms with Crippen LogP contribution >= 0.6 is 11.3 Å². The summed E-state index contributed by atoms with van der Waals surface area (Å²) >= 11 is 1.70. The van der Waals surface area contributed by atoms with Crippen LogP contribution in [-0.2, 0) is 13.0 Å². The molecule has 2 nitrogen and oxygen atoms in total. The molecule has 1 aromatic heterocycles. The molecule has 0 fully saturated rings. The Morgan fingerprint density at radius 3 is 2.88 bits per heavy atom. The lowest BCUT2D eigenvalue weighted by molar-refractivity contribution is 0.543. The van der Waals surface area contributed by atoms with E-state index >= 15 is 0 Å². The van der Waals surface area contributed by atoms with E-state index in [0.29, 0.717) is 6.04 Å². The van der Waals surface area contributed by atoms with Crippen LogP contribution in [0.4, 0.5) is 0 Å². The Morgan fingerprint density at radius 1 is 1.35 bits per heavy atom. The number of thiazole rings is 1. The lowest BCUT2D eigenvalue weighted by Crippen LogP contribution is -2.27. The van der Waals surface area contributed by atoms with Crippen LogP contribution < -0.4 is 5.32 Å². The van der Waals surface area contributed by atoms with E-state index in [4.69, 9.17) is 0 Å². The van der Waals surface area contributed by atoms with E-state index in [1.165, 1.54) is 11.1 Å². The van der Waals surface area contributed by atoms with Gasteiger partial charge in [0, 0.05) is 24.2 Å². The van der Waals surface area contributed by atoms with Crippen LogP contribution in [0.15, 0.2) is 35.8 Å². The summed E-state index contributed by atoms with van der Waals surface area (Å²) in [7, 11) is 0. The maximum atomic E-state index is 4.27. The third kappa shape index (κ3) is 3.65. The Kier molecular flexibility index (Phi) is 4.29. The molecule has 1 heterocycles. The Morgan fingerprint density at radius 2 is 2.18 bits per heavy atom. The lowest BCUT2D eigenvalue weighted by atomic mass is 10.0. The maximum Gasteiger partial charge on any atom is 0.106 e. The van der Waals surface area contributed by atoms with Gasteiger partial charge in [-0.15, -0.1) is 11.3 Å². The summed E-state index contributed by atoms with van der Waals surface area (Å²) in [4.78, 5) is 4.27. The zero-order valence-electron chi connectivity index (χ0n) is 10.3. The average molecular weight is 246 g/mol. The largest absolute Gasteiger partial charge is 0.308 e. The smallest absolute Gasteiger partial charge is 0.106 e.